The van der Waals surface area contributed by atoms with Crippen molar-refractivity contribution in [2.24, 2.45) is 0 Å². The van der Waals surface area contributed by atoms with E-state index in [-0.39, 0.29) is 31.7 Å². The summed E-state index contributed by atoms with van der Waals surface area (Å²) in [5.74, 6) is -1.08. The average Bonchev–Trinajstić information content (AvgIpc) is 0.811. The first kappa shape index (κ1) is 16.2. The Labute approximate surface area is 54.8 Å². The van der Waals surface area contributed by atoms with Crippen molar-refractivity contribution in [1.29, 1.82) is 0 Å². The summed E-state index contributed by atoms with van der Waals surface area (Å²) in [5, 5.41) is 8.89. The number of carboxylic acid groups (broad SMARTS) is 1. The van der Waals surface area contributed by atoms with Crippen molar-refractivity contribution in [3.8, 4) is 0 Å². The van der Waals surface area contributed by atoms with Crippen molar-refractivity contribution in [2.45, 2.75) is 6.92 Å². The van der Waals surface area contributed by atoms with E-state index in [1.807, 2.05) is 0 Å². The summed E-state index contributed by atoms with van der Waals surface area (Å²) in [6.07, 6.45) is 0. The van der Waals surface area contributed by atoms with Gasteiger partial charge in [-0.15, -0.1) is 0 Å². The van der Waals surface area contributed by atoms with E-state index >= 15 is 0 Å². The average molecular weight is 168 g/mol. The smallest absolute Gasteiger partial charge is 0.550 e. The Morgan fingerprint density at radius 1 is 1.67 bits per heavy atom. The van der Waals surface area contributed by atoms with Gasteiger partial charge in [0.05, 0.1) is 0 Å². The summed E-state index contributed by atoms with van der Waals surface area (Å²) in [6.45, 7) is 0.972. The SMILES string of the molecule is CC(=O)[O-].O.[Zr+2]. The Balaban J connectivity index is -0.0000000450. The molecule has 4 heteroatoms. The van der Waals surface area contributed by atoms with Gasteiger partial charge in [0.25, 0.3) is 0 Å². The van der Waals surface area contributed by atoms with E-state index in [2.05, 4.69) is 0 Å². The normalized spacial score (nSPS) is 4.17. The molecule has 0 heterocycles. The molecule has 6 heavy (non-hydrogen) atoms. The van der Waals surface area contributed by atoms with E-state index in [4.69, 9.17) is 9.90 Å². The van der Waals surface area contributed by atoms with Gasteiger partial charge >= 0.3 is 26.2 Å². The molecule has 0 aliphatic rings. The summed E-state index contributed by atoms with van der Waals surface area (Å²) < 4.78 is 0. The molecule has 0 bridgehead atoms. The van der Waals surface area contributed by atoms with Crippen LogP contribution >= 0.6 is 0 Å². The van der Waals surface area contributed by atoms with Crippen LogP contribution in [-0.2, 0) is 31.0 Å². The largest absolute Gasteiger partial charge is 2.00 e. The van der Waals surface area contributed by atoms with Crippen LogP contribution in [0.5, 0.6) is 0 Å². The molecule has 34 valence electrons. The number of carbonyl (C=O) groups excluding carboxylic acids is 1. The maximum Gasteiger partial charge on any atom is 2.00 e. The van der Waals surface area contributed by atoms with Gasteiger partial charge in [-0.25, -0.2) is 0 Å². The van der Waals surface area contributed by atoms with Crippen LogP contribution in [0.2, 0.25) is 0 Å². The molecule has 0 aliphatic carbocycles. The Hall–Kier alpha value is 0.313. The second-order valence-electron chi connectivity index (χ2n) is 0.492. The van der Waals surface area contributed by atoms with Crippen molar-refractivity contribution in [2.75, 3.05) is 0 Å². The summed E-state index contributed by atoms with van der Waals surface area (Å²) in [4.78, 5) is 8.89. The van der Waals surface area contributed by atoms with Crippen molar-refractivity contribution >= 4 is 5.97 Å². The molecule has 3 nitrogen and oxygen atoms in total. The molecule has 0 saturated carbocycles. The van der Waals surface area contributed by atoms with Gasteiger partial charge in [-0.1, -0.05) is 0 Å². The number of aliphatic carboxylic acids is 1. The van der Waals surface area contributed by atoms with Crippen molar-refractivity contribution in [3.05, 3.63) is 0 Å². The minimum absolute atomic E-state index is 0. The molecule has 0 saturated heterocycles. The van der Waals surface area contributed by atoms with Crippen LogP contribution in [0.4, 0.5) is 0 Å². The summed E-state index contributed by atoms with van der Waals surface area (Å²) in [5.41, 5.74) is 0. The zero-order valence-corrected chi connectivity index (χ0v) is 5.77. The summed E-state index contributed by atoms with van der Waals surface area (Å²) in [6, 6.07) is 0. The molecule has 0 atom stereocenters. The first-order valence-corrected chi connectivity index (χ1v) is 0.908. The summed E-state index contributed by atoms with van der Waals surface area (Å²) >= 11 is 0. The molecule has 0 unspecified atom stereocenters. The molecule has 0 aromatic rings. The topological polar surface area (TPSA) is 71.6 Å². The van der Waals surface area contributed by atoms with Gasteiger partial charge in [0, 0.05) is 5.97 Å². The molecule has 0 spiro atoms. The Morgan fingerprint density at radius 3 is 1.67 bits per heavy atom. The molecule has 0 rings (SSSR count). The van der Waals surface area contributed by atoms with Crippen molar-refractivity contribution in [1.82, 2.24) is 0 Å². The third-order valence-electron chi connectivity index (χ3n) is 0. The third-order valence-corrected chi connectivity index (χ3v) is 0. The number of rotatable bonds is 0. The van der Waals surface area contributed by atoms with Gasteiger partial charge in [0.1, 0.15) is 0 Å². The summed E-state index contributed by atoms with van der Waals surface area (Å²) in [7, 11) is 0. The van der Waals surface area contributed by atoms with Crippen LogP contribution in [0.3, 0.4) is 0 Å². The maximum absolute atomic E-state index is 8.89. The van der Waals surface area contributed by atoms with E-state index in [9.17, 15) is 0 Å². The molecule has 0 aromatic heterocycles. The van der Waals surface area contributed by atoms with Gasteiger partial charge in [0.2, 0.25) is 0 Å². The van der Waals surface area contributed by atoms with Gasteiger partial charge in [-0.2, -0.15) is 0 Å². The quantitative estimate of drug-likeness (QED) is 0.417. The van der Waals surface area contributed by atoms with Gasteiger partial charge in [-0.05, 0) is 6.92 Å². The monoisotopic (exact) mass is 167 g/mol. The van der Waals surface area contributed by atoms with Crippen LogP contribution in [0.1, 0.15) is 6.92 Å². The van der Waals surface area contributed by atoms with Crippen LogP contribution in [0.15, 0.2) is 0 Å². The number of hydrogen-bond acceptors (Lipinski definition) is 2. The van der Waals surface area contributed by atoms with E-state index < -0.39 is 5.97 Å². The molecule has 0 aliphatic heterocycles. The Kier molecular flexibility index (Phi) is 24.4. The molecular formula is C2H5O3Zr+. The standard InChI is InChI=1S/C2H4O2.H2O.Zr/c1-2(3)4;;/h1H3,(H,3,4);1H2;/q;;+2/p-1. The number of hydrogen-bond donors (Lipinski definition) is 0. The minimum atomic E-state index is -1.08. The molecule has 0 fully saturated rings. The van der Waals surface area contributed by atoms with Crippen LogP contribution in [0, 0.1) is 0 Å². The van der Waals surface area contributed by atoms with Crippen LogP contribution in [-0.4, -0.2) is 11.4 Å². The van der Waals surface area contributed by atoms with E-state index in [0.717, 1.165) is 6.92 Å². The first-order chi connectivity index (χ1) is 1.73. The third kappa shape index (κ3) is 483. The van der Waals surface area contributed by atoms with Gasteiger partial charge in [0.15, 0.2) is 0 Å². The van der Waals surface area contributed by atoms with Crippen molar-refractivity contribution < 1.29 is 41.6 Å². The number of carboxylic acids is 1. The zero-order valence-electron chi connectivity index (χ0n) is 3.32. The van der Waals surface area contributed by atoms with E-state index in [1.165, 1.54) is 0 Å². The van der Waals surface area contributed by atoms with E-state index in [0.29, 0.717) is 0 Å². The van der Waals surface area contributed by atoms with Crippen LogP contribution in [0.25, 0.3) is 0 Å². The zero-order chi connectivity index (χ0) is 3.58. The fourth-order valence-electron chi connectivity index (χ4n) is 0. The fourth-order valence-corrected chi connectivity index (χ4v) is 0. The molecular weight excluding hydrogens is 163 g/mol. The van der Waals surface area contributed by atoms with Gasteiger partial charge < -0.3 is 15.4 Å². The van der Waals surface area contributed by atoms with Crippen molar-refractivity contribution in [3.63, 3.8) is 0 Å². The second-order valence-corrected chi connectivity index (χ2v) is 0.492. The molecule has 0 amide bonds. The minimum Gasteiger partial charge on any atom is -0.550 e. The van der Waals surface area contributed by atoms with Gasteiger partial charge in [-0.3, -0.25) is 0 Å². The second kappa shape index (κ2) is 9.00. The Bertz CT molecular complexity index is 31.8. The maximum atomic E-state index is 8.89. The molecule has 2 N–H and O–H groups in total. The predicted molar refractivity (Wildman–Crippen MR) is 14.3 cm³/mol. The predicted octanol–water partition coefficient (Wildman–Crippen LogP) is -2.07. The van der Waals surface area contributed by atoms with E-state index in [1.54, 1.807) is 0 Å². The van der Waals surface area contributed by atoms with Crippen LogP contribution < -0.4 is 5.11 Å². The number of carbonyl (C=O) groups is 1. The Morgan fingerprint density at radius 2 is 1.67 bits per heavy atom. The molecule has 0 radical (unpaired) electrons. The molecule has 0 aromatic carbocycles. The fraction of sp³-hybridized carbons (Fsp3) is 0.500. The first-order valence-electron chi connectivity index (χ1n) is 0.908.